The number of nitrogens with zero attached hydrogens (tertiary/aromatic N) is 2. The van der Waals surface area contributed by atoms with Gasteiger partial charge < -0.3 is 18.4 Å². The lowest BCUT2D eigenvalue weighted by Crippen LogP contribution is -2.50. The maximum Gasteiger partial charge on any atom is 0.442 e. The molecule has 0 radical (unpaired) electrons. The number of alkyl carbamates (subject to hydrolysis) is 1. The van der Waals surface area contributed by atoms with Crippen molar-refractivity contribution in [2.75, 3.05) is 26.5 Å². The van der Waals surface area contributed by atoms with Crippen LogP contribution >= 0.6 is 0 Å². The van der Waals surface area contributed by atoms with Crippen LogP contribution in [0.2, 0.25) is 0 Å². The molecule has 0 aliphatic rings. The van der Waals surface area contributed by atoms with Crippen molar-refractivity contribution < 1.29 is 49.7 Å². The molecule has 0 spiro atoms. The maximum atomic E-state index is 13.0. The van der Waals surface area contributed by atoms with E-state index >= 15 is 0 Å². The second-order valence-corrected chi connectivity index (χ2v) is 15.2. The van der Waals surface area contributed by atoms with Crippen LogP contribution in [0.25, 0.3) is 0 Å². The lowest BCUT2D eigenvalue weighted by atomic mass is 10.2. The summed E-state index contributed by atoms with van der Waals surface area (Å²) in [6.45, 7) is 11.7. The number of amides is 2. The van der Waals surface area contributed by atoms with Crippen molar-refractivity contribution in [2.24, 2.45) is 4.99 Å². The molecule has 16 heteroatoms. The Labute approximate surface area is 264 Å². The van der Waals surface area contributed by atoms with E-state index in [1.165, 1.54) is 37.4 Å². The lowest BCUT2D eigenvalue weighted by Gasteiger charge is -2.27. The minimum absolute atomic E-state index is 0.0623. The predicted molar refractivity (Wildman–Crippen MR) is 165 cm³/mol. The summed E-state index contributed by atoms with van der Waals surface area (Å²) < 4.78 is 71.8. The van der Waals surface area contributed by atoms with Gasteiger partial charge in [0.05, 0.1) is 18.1 Å². The van der Waals surface area contributed by atoms with Gasteiger partial charge in [0.1, 0.15) is 27.6 Å². The third kappa shape index (κ3) is 12.6. The monoisotopic (exact) mass is 671 g/mol. The van der Waals surface area contributed by atoms with Crippen LogP contribution in [-0.4, -0.2) is 77.8 Å². The molecule has 0 aliphatic heterocycles. The number of aryl methyl sites for hydroxylation is 1. The Morgan fingerprint density at radius 3 is 2.00 bits per heavy atom. The number of rotatable bonds is 10. The second kappa shape index (κ2) is 14.9. The summed E-state index contributed by atoms with van der Waals surface area (Å²) in [6.07, 6.45) is -0.654. The van der Waals surface area contributed by atoms with Crippen molar-refractivity contribution in [3.8, 4) is 11.5 Å². The first-order chi connectivity index (χ1) is 20.6. The third-order valence-electron chi connectivity index (χ3n) is 5.10. The Kier molecular flexibility index (Phi) is 12.4. The number of sulfone groups is 1. The van der Waals surface area contributed by atoms with Gasteiger partial charge >= 0.3 is 22.3 Å². The van der Waals surface area contributed by atoms with E-state index in [-0.39, 0.29) is 42.0 Å². The molecule has 2 aromatic carbocycles. The van der Waals surface area contributed by atoms with Crippen LogP contribution in [-0.2, 0) is 34.3 Å². The first-order valence-corrected chi connectivity index (χ1v) is 17.0. The summed E-state index contributed by atoms with van der Waals surface area (Å²) in [6, 6.07) is 9.59. The van der Waals surface area contributed by atoms with Gasteiger partial charge in [-0.2, -0.15) is 8.42 Å². The standard InChI is InChI=1S/C29H41N3O11S2/c1-20-17-21(19-22(18-20)43-45(37,38)24-14-11-10-13-23(24)44(9,35)36)39-15-12-16-40-32(27(34)42-29(5,6)7)25(30-8)31-26(33)41-28(2,3)4/h10-11,13-14,17-19H,12,15-16H2,1-9H3,(H,30,31,33). The van der Waals surface area contributed by atoms with Crippen LogP contribution in [0.15, 0.2) is 57.2 Å². The highest BCUT2D eigenvalue weighted by molar-refractivity contribution is 7.92. The van der Waals surface area contributed by atoms with Crippen molar-refractivity contribution in [2.45, 2.75) is 75.9 Å². The van der Waals surface area contributed by atoms with Gasteiger partial charge in [0.25, 0.3) is 0 Å². The molecule has 250 valence electrons. The minimum atomic E-state index is -4.50. The average Bonchev–Trinajstić information content (AvgIpc) is 2.86. The van der Waals surface area contributed by atoms with E-state index in [0.29, 0.717) is 10.6 Å². The van der Waals surface area contributed by atoms with E-state index < -0.39 is 48.2 Å². The summed E-state index contributed by atoms with van der Waals surface area (Å²) in [7, 11) is -7.01. The van der Waals surface area contributed by atoms with Crippen LogP contribution in [0.3, 0.4) is 0 Å². The van der Waals surface area contributed by atoms with Crippen LogP contribution in [0.4, 0.5) is 9.59 Å². The topological polar surface area (TPSA) is 176 Å². The highest BCUT2D eigenvalue weighted by Crippen LogP contribution is 2.28. The van der Waals surface area contributed by atoms with E-state index in [1.807, 2.05) is 0 Å². The zero-order valence-electron chi connectivity index (χ0n) is 26.9. The highest BCUT2D eigenvalue weighted by atomic mass is 32.2. The van der Waals surface area contributed by atoms with Gasteiger partial charge in [0.2, 0.25) is 5.96 Å². The van der Waals surface area contributed by atoms with Gasteiger partial charge in [0.15, 0.2) is 9.84 Å². The lowest BCUT2D eigenvalue weighted by molar-refractivity contribution is -0.104. The predicted octanol–water partition coefficient (Wildman–Crippen LogP) is 4.61. The molecule has 0 aliphatic carbocycles. The molecule has 0 saturated carbocycles. The van der Waals surface area contributed by atoms with Gasteiger partial charge in [-0.15, -0.1) is 5.06 Å². The van der Waals surface area contributed by atoms with Crippen molar-refractivity contribution >= 4 is 38.1 Å². The molecule has 0 heterocycles. The number of aliphatic imine (C=N–C) groups is 1. The largest absolute Gasteiger partial charge is 0.493 e. The fraction of sp³-hybridized carbons (Fsp3) is 0.483. The molecule has 0 saturated heterocycles. The van der Waals surface area contributed by atoms with Gasteiger partial charge in [-0.05, 0) is 78.3 Å². The molecular weight excluding hydrogens is 630 g/mol. The molecule has 0 unspecified atom stereocenters. The normalized spacial score (nSPS) is 12.7. The summed E-state index contributed by atoms with van der Waals surface area (Å²) in [4.78, 5) is 33.8. The zero-order valence-corrected chi connectivity index (χ0v) is 28.5. The Bertz CT molecular complexity index is 1610. The third-order valence-corrected chi connectivity index (χ3v) is 7.69. The van der Waals surface area contributed by atoms with Gasteiger partial charge in [-0.25, -0.2) is 18.0 Å². The molecule has 0 atom stereocenters. The minimum Gasteiger partial charge on any atom is -0.493 e. The smallest absolute Gasteiger partial charge is 0.442 e. The quantitative estimate of drug-likeness (QED) is 0.123. The Hall–Kier alpha value is -3.89. The molecular formula is C29H41N3O11S2. The first-order valence-electron chi connectivity index (χ1n) is 13.7. The number of ether oxygens (including phenoxy) is 3. The number of hydrogen-bond acceptors (Lipinski definition) is 12. The average molecular weight is 672 g/mol. The summed E-state index contributed by atoms with van der Waals surface area (Å²) in [5.74, 6) is -0.0841. The Balaban J connectivity index is 2.11. The van der Waals surface area contributed by atoms with Crippen molar-refractivity contribution in [3.05, 3.63) is 48.0 Å². The van der Waals surface area contributed by atoms with E-state index in [1.54, 1.807) is 54.5 Å². The van der Waals surface area contributed by atoms with E-state index in [9.17, 15) is 26.4 Å². The van der Waals surface area contributed by atoms with E-state index in [2.05, 4.69) is 10.3 Å². The van der Waals surface area contributed by atoms with Crippen LogP contribution in [0.1, 0.15) is 53.5 Å². The molecule has 2 rings (SSSR count). The Morgan fingerprint density at radius 1 is 0.867 bits per heavy atom. The molecule has 14 nitrogen and oxygen atoms in total. The molecule has 2 amide bonds. The van der Waals surface area contributed by atoms with Crippen molar-refractivity contribution in [1.29, 1.82) is 0 Å². The van der Waals surface area contributed by atoms with Crippen molar-refractivity contribution in [1.82, 2.24) is 10.4 Å². The molecule has 0 fully saturated rings. The van der Waals surface area contributed by atoms with E-state index in [4.69, 9.17) is 23.2 Å². The number of benzene rings is 2. The molecule has 0 bridgehead atoms. The van der Waals surface area contributed by atoms with Crippen LogP contribution < -0.4 is 14.2 Å². The molecule has 2 aromatic rings. The summed E-state index contributed by atoms with van der Waals surface area (Å²) >= 11 is 0. The second-order valence-electron chi connectivity index (χ2n) is 11.7. The maximum absolute atomic E-state index is 13.0. The number of hydrogen-bond donors (Lipinski definition) is 1. The molecule has 45 heavy (non-hydrogen) atoms. The van der Waals surface area contributed by atoms with Crippen LogP contribution in [0, 0.1) is 6.92 Å². The van der Waals surface area contributed by atoms with Gasteiger partial charge in [-0.1, -0.05) is 12.1 Å². The molecule has 1 N–H and O–H groups in total. The van der Waals surface area contributed by atoms with Crippen LogP contribution in [0.5, 0.6) is 11.5 Å². The number of carbonyl (C=O) groups is 2. The summed E-state index contributed by atoms with van der Waals surface area (Å²) in [5.41, 5.74) is -1.07. The summed E-state index contributed by atoms with van der Waals surface area (Å²) in [5, 5.41) is 3.07. The number of hydroxylamine groups is 2. The highest BCUT2D eigenvalue weighted by Gasteiger charge is 2.30. The number of carbonyl (C=O) groups excluding carboxylic acids is 2. The number of nitrogens with one attached hydrogen (secondary N) is 1. The number of guanidine groups is 1. The van der Waals surface area contributed by atoms with Gasteiger partial charge in [0, 0.05) is 25.8 Å². The van der Waals surface area contributed by atoms with Crippen molar-refractivity contribution in [3.63, 3.8) is 0 Å². The SMILES string of the molecule is CN=C(NC(=O)OC(C)(C)C)N(OCCCOc1cc(C)cc(OS(=O)(=O)c2ccccc2S(C)(=O)=O)c1)C(=O)OC(C)(C)C. The molecule has 0 aromatic heterocycles. The fourth-order valence-electron chi connectivity index (χ4n) is 3.48. The van der Waals surface area contributed by atoms with E-state index in [0.717, 1.165) is 12.3 Å². The van der Waals surface area contributed by atoms with Gasteiger partial charge in [-0.3, -0.25) is 15.1 Å². The Morgan fingerprint density at radius 2 is 1.44 bits per heavy atom. The fourth-order valence-corrected chi connectivity index (χ4v) is 6.00. The zero-order chi connectivity index (χ0) is 34.2. The first kappa shape index (κ1) is 37.3.